The predicted molar refractivity (Wildman–Crippen MR) is 467 cm³/mol. The second-order valence-corrected chi connectivity index (χ2v) is 31.4. The maximum Gasteiger partial charge on any atom is 0.311 e. The molecule has 0 bridgehead atoms. The SMILES string of the molecule is BrCCCCOCCCBr.BrCCCCOCCCOC1CCCCO1.C1=COCCC1.C1CCOC1.CCOC(=O)C(C)(C)CCCCOCCCC(C)(C)C(=O)OCC.CCOC(=O)C(C)C.OCCCCBr.OCCCO.OCCCOC1CCCCO1.OCCCOC1CCC[CH+]O1.OCCCOCCCCBr. The highest BCUT2D eigenvalue weighted by molar-refractivity contribution is 9.09. The van der Waals surface area contributed by atoms with E-state index in [1.165, 1.54) is 70.6 Å². The van der Waals surface area contributed by atoms with Crippen molar-refractivity contribution >= 4 is 97.6 Å². The van der Waals surface area contributed by atoms with Crippen molar-refractivity contribution < 1.29 is 116 Å². The molecular weight excluding hydrogens is 1780 g/mol. The van der Waals surface area contributed by atoms with Crippen molar-refractivity contribution in [2.24, 2.45) is 16.7 Å². The maximum absolute atomic E-state index is 11.8. The van der Waals surface area contributed by atoms with Crippen LogP contribution < -0.4 is 0 Å². The summed E-state index contributed by atoms with van der Waals surface area (Å²) in [6.07, 6.45) is 36.7. The van der Waals surface area contributed by atoms with Gasteiger partial charge in [-0.3, -0.25) is 14.4 Å². The molecule has 0 spiro atoms. The Kier molecular flexibility index (Phi) is 114. The number of alkyl halides is 5. The van der Waals surface area contributed by atoms with Crippen LogP contribution in [0.25, 0.3) is 0 Å². The van der Waals surface area contributed by atoms with Gasteiger partial charge in [0.1, 0.15) is 6.42 Å². The molecule has 5 aliphatic heterocycles. The summed E-state index contributed by atoms with van der Waals surface area (Å²) in [6, 6.07) is 0. The van der Waals surface area contributed by atoms with E-state index in [9.17, 15) is 14.4 Å². The Morgan fingerprint density at radius 1 is 0.411 bits per heavy atom. The first-order chi connectivity index (χ1) is 54.3. The number of hydrogen-bond acceptors (Lipinski definition) is 24. The minimum Gasteiger partial charge on any atom is -0.502 e. The second kappa shape index (κ2) is 105. The zero-order chi connectivity index (χ0) is 84.6. The molecule has 5 heterocycles. The molecule has 24 nitrogen and oxygen atoms in total. The van der Waals surface area contributed by atoms with Gasteiger partial charge in [-0.25, -0.2) is 0 Å². The molecule has 3 atom stereocenters. The van der Waals surface area contributed by atoms with E-state index >= 15 is 0 Å². The summed E-state index contributed by atoms with van der Waals surface area (Å²) in [7, 11) is 0. The number of halogens is 5. The highest BCUT2D eigenvalue weighted by atomic mass is 79.9. The van der Waals surface area contributed by atoms with Crippen LogP contribution in [-0.4, -0.2) is 259 Å². The molecule has 3 unspecified atom stereocenters. The van der Waals surface area contributed by atoms with Gasteiger partial charge in [0.05, 0.1) is 69.3 Å². The van der Waals surface area contributed by atoms with E-state index in [0.29, 0.717) is 78.7 Å². The van der Waals surface area contributed by atoms with E-state index in [0.717, 1.165) is 215 Å². The van der Waals surface area contributed by atoms with Crippen LogP contribution >= 0.6 is 79.6 Å². The largest absolute Gasteiger partial charge is 0.502 e. The van der Waals surface area contributed by atoms with Gasteiger partial charge in [-0.15, -0.1) is 0 Å². The van der Waals surface area contributed by atoms with Gasteiger partial charge in [0, 0.05) is 152 Å². The summed E-state index contributed by atoms with van der Waals surface area (Å²) in [5.41, 5.74) is -0.886. The Bertz CT molecular complexity index is 1690. The van der Waals surface area contributed by atoms with Crippen LogP contribution in [0.15, 0.2) is 12.3 Å². The van der Waals surface area contributed by atoms with Gasteiger partial charge in [-0.2, -0.15) is 4.74 Å². The van der Waals surface area contributed by atoms with Crippen molar-refractivity contribution in [2.75, 3.05) is 192 Å². The van der Waals surface area contributed by atoms with E-state index in [2.05, 4.69) is 84.4 Å². The molecule has 0 saturated carbocycles. The van der Waals surface area contributed by atoms with Crippen molar-refractivity contribution in [1.82, 2.24) is 0 Å². The van der Waals surface area contributed by atoms with Crippen LogP contribution in [0.1, 0.15) is 268 Å². The van der Waals surface area contributed by atoms with Gasteiger partial charge in [-0.1, -0.05) is 99.9 Å². The highest BCUT2D eigenvalue weighted by Gasteiger charge is 2.30. The third-order valence-corrected chi connectivity index (χ3v) is 18.3. The first-order valence-electron chi connectivity index (χ1n) is 42.0. The average Bonchev–Trinajstić information content (AvgIpc) is 0.976. The lowest BCUT2D eigenvalue weighted by Gasteiger charge is -2.22. The minimum absolute atomic E-state index is 0.00435. The van der Waals surface area contributed by atoms with E-state index in [1.807, 2.05) is 61.5 Å². The third-order valence-electron chi connectivity index (χ3n) is 15.5. The van der Waals surface area contributed by atoms with Gasteiger partial charge in [0.2, 0.25) is 12.9 Å². The minimum atomic E-state index is -0.455. The molecule has 6 N–H and O–H groups in total. The number of carbonyl (C=O) groups is 3. The quantitative estimate of drug-likeness (QED) is 0.0108. The number of aliphatic hydroxyl groups is 6. The molecule has 0 aromatic heterocycles. The van der Waals surface area contributed by atoms with Crippen molar-refractivity contribution in [2.45, 2.75) is 287 Å². The molecular formula is C83H164Br5O24+. The summed E-state index contributed by atoms with van der Waals surface area (Å²) >= 11 is 16.7. The van der Waals surface area contributed by atoms with Crippen LogP contribution in [0, 0.1) is 23.4 Å². The molecule has 0 aliphatic carbocycles. The molecule has 4 saturated heterocycles. The lowest BCUT2D eigenvalue weighted by Crippen LogP contribution is -2.27. The Labute approximate surface area is 722 Å². The fraction of sp³-hybridized carbons (Fsp3) is 0.928. The fourth-order valence-corrected chi connectivity index (χ4v) is 10.6. The number of esters is 3. The monoisotopic (exact) mass is 1940 g/mol. The zero-order valence-corrected chi connectivity index (χ0v) is 79.2. The molecule has 4 fully saturated rings. The van der Waals surface area contributed by atoms with Crippen LogP contribution in [-0.2, 0) is 85.4 Å². The van der Waals surface area contributed by atoms with E-state index in [1.54, 1.807) is 19.8 Å². The van der Waals surface area contributed by atoms with E-state index in [4.69, 9.17) is 97.0 Å². The molecule has 5 rings (SSSR count). The summed E-state index contributed by atoms with van der Waals surface area (Å²) in [4.78, 5) is 34.1. The molecule has 674 valence electrons. The lowest BCUT2D eigenvalue weighted by molar-refractivity contribution is -0.164. The summed E-state index contributed by atoms with van der Waals surface area (Å²) in [5, 5.41) is 54.6. The Hall–Kier alpha value is -0.460. The Morgan fingerprint density at radius 3 is 1.11 bits per heavy atom. The van der Waals surface area contributed by atoms with Crippen molar-refractivity contribution in [1.29, 1.82) is 0 Å². The number of carbonyl (C=O) groups excluding carboxylic acids is 3. The molecule has 0 radical (unpaired) electrons. The van der Waals surface area contributed by atoms with Gasteiger partial charge < -0.3 is 97.0 Å². The second-order valence-electron chi connectivity index (χ2n) is 27.4. The van der Waals surface area contributed by atoms with Crippen LogP contribution in [0.3, 0.4) is 0 Å². The molecule has 0 amide bonds. The molecule has 112 heavy (non-hydrogen) atoms. The van der Waals surface area contributed by atoms with Crippen LogP contribution in [0.5, 0.6) is 0 Å². The Balaban J connectivity index is -0.000000286. The van der Waals surface area contributed by atoms with Gasteiger partial charge in [-0.05, 0) is 241 Å². The third kappa shape index (κ3) is 104. The number of hydrogen-bond donors (Lipinski definition) is 6. The maximum atomic E-state index is 11.8. The topological polar surface area (TPSA) is 311 Å². The number of rotatable bonds is 51. The number of aliphatic hydroxyl groups excluding tert-OH is 6. The number of allylic oxidation sites excluding steroid dienone is 1. The van der Waals surface area contributed by atoms with Crippen LogP contribution in [0.4, 0.5) is 0 Å². The lowest BCUT2D eigenvalue weighted by atomic mass is 9.87. The van der Waals surface area contributed by atoms with Crippen LogP contribution in [0.2, 0.25) is 0 Å². The van der Waals surface area contributed by atoms with Crippen molar-refractivity contribution in [3.63, 3.8) is 0 Å². The number of ether oxygens (including phenoxy) is 15. The smallest absolute Gasteiger partial charge is 0.311 e. The van der Waals surface area contributed by atoms with Gasteiger partial charge >= 0.3 is 17.9 Å². The van der Waals surface area contributed by atoms with Gasteiger partial charge in [0.15, 0.2) is 12.6 Å². The average molecular weight is 1950 g/mol. The summed E-state index contributed by atoms with van der Waals surface area (Å²) in [6.45, 7) is 33.9. The molecule has 0 aromatic rings. The first-order valence-corrected chi connectivity index (χ1v) is 47.6. The standard InChI is InChI=1S/C19H36O5.C12H23BrO3.C8H16O3.C8H15O3.C7H14Br2O.C7H15BrO2.C6H12O2.C5H8O.C4H9BrO.C4H8O.C3H8O2/c1-7-23-16(20)18(3,4)12-9-10-14-22-15-11-13-19(5,6)17(21)24-8-2;13-7-2-4-8-14-9-5-11-16-12-6-1-3-10-15-12;2*9-5-3-7-11-8-4-1-2-6-10-8;2*8-4-1-2-6-10-7-3-5-9;1-4-8-6(7)5(2)3;1-2-4-6-5-3-1;5-3-1-2-4-6;1-2-4-5-3-1;4-2-1-3-5/h7-15H2,1-6H3;12H,1-11H2;8-9H,1-7H2;6,8-9H,1-5,7H2;1-7H2;9H,1-7H2;5H,4H2,1-3H3;2,4H,1,3,5H2;6H,1-4H2;1-4H2;4-5H,1-3H2/q;;;+1;;;;;;;. The predicted octanol–water partition coefficient (Wildman–Crippen LogP) is 17.6. The summed E-state index contributed by atoms with van der Waals surface area (Å²) in [5.74, 6) is -0.388. The fourth-order valence-electron chi connectivity index (χ4n) is 8.81. The van der Waals surface area contributed by atoms with E-state index < -0.39 is 10.8 Å². The zero-order valence-electron chi connectivity index (χ0n) is 71.3. The summed E-state index contributed by atoms with van der Waals surface area (Å²) < 4.78 is 78.5. The molecule has 5 aliphatic rings. The van der Waals surface area contributed by atoms with E-state index in [-0.39, 0.29) is 75.7 Å². The molecule has 29 heteroatoms. The molecule has 0 aromatic carbocycles. The van der Waals surface area contributed by atoms with Crippen molar-refractivity contribution in [3.8, 4) is 0 Å². The number of unbranched alkanes of at least 4 members (excludes halogenated alkanes) is 5. The highest BCUT2D eigenvalue weighted by Crippen LogP contribution is 2.26. The van der Waals surface area contributed by atoms with Crippen molar-refractivity contribution in [3.05, 3.63) is 18.9 Å². The normalized spacial score (nSPS) is 16.0. The first kappa shape index (κ1) is 122. The Morgan fingerprint density at radius 2 is 0.786 bits per heavy atom. The van der Waals surface area contributed by atoms with Gasteiger partial charge in [0.25, 0.3) is 0 Å².